The minimum atomic E-state index is -2.07. The summed E-state index contributed by atoms with van der Waals surface area (Å²) in [6, 6.07) is 3.95. The number of nitrogens with zero attached hydrogens (tertiary/aromatic N) is 1. The molecule has 0 radical (unpaired) electrons. The number of hydrogen-bond acceptors (Lipinski definition) is 12. The number of allylic oxidation sites excluding steroid dienone is 3. The van der Waals surface area contributed by atoms with E-state index in [-0.39, 0.29) is 71.0 Å². The molecule has 65 heavy (non-hydrogen) atoms. The van der Waals surface area contributed by atoms with Crippen molar-refractivity contribution < 1.29 is 52.1 Å². The number of hydrogen-bond donors (Lipinski definition) is 3. The van der Waals surface area contributed by atoms with Crippen molar-refractivity contribution in [3.8, 4) is 0 Å². The number of amides is 5. The molecule has 0 spiro atoms. The van der Waals surface area contributed by atoms with Crippen LogP contribution >= 0.6 is 0 Å². The summed E-state index contributed by atoms with van der Waals surface area (Å²) in [4.78, 5) is 76.5. The summed E-state index contributed by atoms with van der Waals surface area (Å²) in [7, 11) is -2.07. The van der Waals surface area contributed by atoms with Crippen molar-refractivity contribution in [2.45, 2.75) is 135 Å². The fourth-order valence-corrected chi connectivity index (χ4v) is 11.0. The molecule has 2 aliphatic carbocycles. The van der Waals surface area contributed by atoms with Crippen molar-refractivity contribution in [2.75, 3.05) is 51.4 Å². The number of rotatable bonds is 21. The highest BCUT2D eigenvalue weighted by Crippen LogP contribution is 2.46. The highest BCUT2D eigenvalue weighted by molar-refractivity contribution is 6.74. The van der Waals surface area contributed by atoms with Crippen LogP contribution in [0.1, 0.15) is 113 Å². The molecule has 1 aromatic carbocycles. The number of fused-ring (bicyclic) bond motifs is 2. The number of nitrogens with one attached hydrogen (secondary N) is 3. The normalized spacial score (nSPS) is 28.0. The lowest BCUT2D eigenvalue weighted by Gasteiger charge is -2.45. The summed E-state index contributed by atoms with van der Waals surface area (Å²) in [5.41, 5.74) is 2.19. The second kappa shape index (κ2) is 22.5. The van der Waals surface area contributed by atoms with Crippen LogP contribution in [0.4, 0.5) is 10.5 Å². The molecule has 9 atom stereocenters. The summed E-state index contributed by atoms with van der Waals surface area (Å²) in [6.45, 7) is 18.6. The number of imide groups is 2. The Morgan fingerprint density at radius 2 is 1.69 bits per heavy atom. The molecule has 15 nitrogen and oxygen atoms in total. The SMILES string of the molecule is C[C@H]1C=C2C=C[C@H](C)C(CC[C@@H]3C[C@@H](O[Si](C)(C)C(C)(C)C)C(C=O)CO3)[C@H]2[C@@H](OC(=O)NCCOCCCCCOCCNc2cccc3c2C(=O)N(C2CCC(=O)NC2=O)C3=O)C1. The van der Waals surface area contributed by atoms with Gasteiger partial charge in [0.1, 0.15) is 18.4 Å². The van der Waals surface area contributed by atoms with E-state index in [1.807, 2.05) is 0 Å². The maximum atomic E-state index is 13.3. The number of benzene rings is 1. The number of ether oxygens (including phenoxy) is 4. The molecule has 3 heterocycles. The van der Waals surface area contributed by atoms with E-state index in [0.29, 0.717) is 64.2 Å². The van der Waals surface area contributed by atoms with Crippen LogP contribution in [0.3, 0.4) is 0 Å². The van der Waals surface area contributed by atoms with Crippen molar-refractivity contribution in [1.29, 1.82) is 0 Å². The molecule has 2 fully saturated rings. The van der Waals surface area contributed by atoms with E-state index in [0.717, 1.165) is 49.7 Å². The van der Waals surface area contributed by atoms with Gasteiger partial charge in [-0.2, -0.15) is 0 Å². The van der Waals surface area contributed by atoms with Gasteiger partial charge in [-0.3, -0.25) is 29.4 Å². The Morgan fingerprint density at radius 1 is 0.954 bits per heavy atom. The Morgan fingerprint density at radius 3 is 2.40 bits per heavy atom. The van der Waals surface area contributed by atoms with Crippen LogP contribution in [0.25, 0.3) is 0 Å². The third-order valence-electron chi connectivity index (χ3n) is 14.2. The molecule has 0 saturated carbocycles. The summed E-state index contributed by atoms with van der Waals surface area (Å²) in [5, 5.41) is 8.35. The molecule has 5 aliphatic rings. The van der Waals surface area contributed by atoms with Crippen LogP contribution in [-0.2, 0) is 37.8 Å². The standard InChI is InChI=1S/C49H72N4O11Si/c1-31-26-33-15-14-32(2)36(17-16-35-28-40(34(29-54)30-62-35)64-65(6,7)49(3,4)5)43(33)41(27-31)63-48(59)51-21-25-61-23-10-8-9-22-60-24-20-50-38-13-11-12-37-44(38)47(58)53(46(37)57)39-18-19-42(55)52-45(39)56/h11-15,26,29,31-32,34-36,39-41,43,50H,8-10,16-25,27-28,30H2,1-7H3,(H,51,59)(H,52,55,56)/t31-,32-,34?,35+,36?,39?,40+,41-,43-/m0/s1. The summed E-state index contributed by atoms with van der Waals surface area (Å²) >= 11 is 0. The minimum absolute atomic E-state index is 0.00947. The van der Waals surface area contributed by atoms with Gasteiger partial charge >= 0.3 is 6.09 Å². The first-order chi connectivity index (χ1) is 31.0. The Hall–Kier alpha value is -4.22. The summed E-state index contributed by atoms with van der Waals surface area (Å²) in [6.07, 6.45) is 13.1. The Bertz CT molecular complexity index is 1950. The number of alkyl carbamates (subject to hydrolysis) is 1. The average Bonchev–Trinajstić information content (AvgIpc) is 3.50. The Balaban J connectivity index is 0.848. The van der Waals surface area contributed by atoms with Crippen molar-refractivity contribution in [1.82, 2.24) is 15.5 Å². The Kier molecular flexibility index (Phi) is 17.4. The molecule has 358 valence electrons. The van der Waals surface area contributed by atoms with Gasteiger partial charge in [0, 0.05) is 44.3 Å². The van der Waals surface area contributed by atoms with Gasteiger partial charge in [0.2, 0.25) is 11.8 Å². The lowest BCUT2D eigenvalue weighted by Crippen LogP contribution is -2.54. The smallest absolute Gasteiger partial charge is 0.407 e. The van der Waals surface area contributed by atoms with Crippen molar-refractivity contribution in [3.63, 3.8) is 0 Å². The molecule has 0 aromatic heterocycles. The molecule has 1 aromatic rings. The first-order valence-electron chi connectivity index (χ1n) is 23.8. The second-order valence-corrected chi connectivity index (χ2v) is 24.8. The summed E-state index contributed by atoms with van der Waals surface area (Å²) < 4.78 is 30.8. The van der Waals surface area contributed by atoms with Crippen LogP contribution in [-0.4, -0.2) is 120 Å². The summed E-state index contributed by atoms with van der Waals surface area (Å²) in [5.74, 6) is -1.42. The zero-order valence-corrected chi connectivity index (χ0v) is 40.5. The number of piperidine rings is 1. The van der Waals surface area contributed by atoms with Crippen LogP contribution in [0.15, 0.2) is 42.0 Å². The number of unbranched alkanes of at least 4 members (excludes halogenated alkanes) is 2. The van der Waals surface area contributed by atoms with E-state index in [2.05, 4.69) is 81.9 Å². The van der Waals surface area contributed by atoms with Crippen molar-refractivity contribution in [2.24, 2.45) is 29.6 Å². The van der Waals surface area contributed by atoms with Crippen molar-refractivity contribution >= 4 is 50.0 Å². The average molecular weight is 921 g/mol. The molecular weight excluding hydrogens is 849 g/mol. The van der Waals surface area contributed by atoms with Gasteiger partial charge in [0.25, 0.3) is 11.8 Å². The third-order valence-corrected chi connectivity index (χ3v) is 18.7. The van der Waals surface area contributed by atoms with Gasteiger partial charge in [-0.15, -0.1) is 0 Å². The first kappa shape index (κ1) is 50.2. The molecule has 3 unspecified atom stereocenters. The lowest BCUT2D eigenvalue weighted by molar-refractivity contribution is -0.136. The third kappa shape index (κ3) is 12.6. The highest BCUT2D eigenvalue weighted by Gasteiger charge is 2.47. The maximum Gasteiger partial charge on any atom is 0.407 e. The van der Waals surface area contributed by atoms with Gasteiger partial charge in [-0.25, -0.2) is 4.79 Å². The van der Waals surface area contributed by atoms with Gasteiger partial charge in [-0.1, -0.05) is 58.9 Å². The molecule has 6 rings (SSSR count). The fourth-order valence-electron chi connectivity index (χ4n) is 9.59. The van der Waals surface area contributed by atoms with Crippen molar-refractivity contribution in [3.05, 3.63) is 53.1 Å². The predicted molar refractivity (Wildman–Crippen MR) is 248 cm³/mol. The first-order valence-corrected chi connectivity index (χ1v) is 26.7. The monoisotopic (exact) mass is 920 g/mol. The van der Waals surface area contributed by atoms with Gasteiger partial charge < -0.3 is 38.8 Å². The van der Waals surface area contributed by atoms with E-state index in [1.54, 1.807) is 18.2 Å². The molecule has 3 aliphatic heterocycles. The van der Waals surface area contributed by atoms with E-state index in [1.165, 1.54) is 5.57 Å². The second-order valence-electron chi connectivity index (χ2n) is 20.0. The van der Waals surface area contributed by atoms with Gasteiger partial charge in [0.05, 0.1) is 49.1 Å². The highest BCUT2D eigenvalue weighted by atomic mass is 28.4. The predicted octanol–water partition coefficient (Wildman–Crippen LogP) is 6.98. The molecule has 2 saturated heterocycles. The zero-order chi connectivity index (χ0) is 46.9. The molecular formula is C49H72N4O11Si. The number of carbonyl (C=O) groups excluding carboxylic acids is 6. The Labute approximate surface area is 385 Å². The molecule has 16 heteroatoms. The van der Waals surface area contributed by atoms with E-state index in [4.69, 9.17) is 23.4 Å². The molecule has 0 bridgehead atoms. The molecule has 3 N–H and O–H groups in total. The van der Waals surface area contributed by atoms with E-state index < -0.39 is 44.1 Å². The van der Waals surface area contributed by atoms with Crippen LogP contribution in [0.2, 0.25) is 18.1 Å². The number of carbonyl (C=O) groups is 6. The lowest BCUT2D eigenvalue weighted by atomic mass is 9.65. The topological polar surface area (TPSA) is 188 Å². The van der Waals surface area contributed by atoms with Gasteiger partial charge in [0.15, 0.2) is 8.32 Å². The molecule has 5 amide bonds. The quantitative estimate of drug-likeness (QED) is 0.0498. The maximum absolute atomic E-state index is 13.3. The fraction of sp³-hybridized carbons (Fsp3) is 0.673. The minimum Gasteiger partial charge on any atom is -0.446 e. The van der Waals surface area contributed by atoms with Crippen LogP contribution in [0, 0.1) is 29.6 Å². The van der Waals surface area contributed by atoms with E-state index >= 15 is 0 Å². The van der Waals surface area contributed by atoms with E-state index in [9.17, 15) is 28.8 Å². The zero-order valence-electron chi connectivity index (χ0n) is 39.5. The van der Waals surface area contributed by atoms with Crippen LogP contribution in [0.5, 0.6) is 0 Å². The largest absolute Gasteiger partial charge is 0.446 e. The number of aldehydes is 1. The van der Waals surface area contributed by atoms with Crippen LogP contribution < -0.4 is 16.0 Å². The number of anilines is 1. The van der Waals surface area contributed by atoms with Gasteiger partial charge in [-0.05, 0) is 105 Å².